The van der Waals surface area contributed by atoms with E-state index in [2.05, 4.69) is 37.3 Å². The second kappa shape index (κ2) is 5.38. The molecule has 3 rings (SSSR count). The van der Waals surface area contributed by atoms with Crippen LogP contribution in [0.3, 0.4) is 0 Å². The standard InChI is InChI=1S/C19H27NO2/c1-13-9-19(15-7-5-4-6-8-15)11-14(16(13)22-3)10-18(2,12-19)17(20)21/h4-8,13-14,16H,9-12H2,1-3H3,(H2,20,21). The van der Waals surface area contributed by atoms with Gasteiger partial charge in [-0.15, -0.1) is 0 Å². The number of rotatable bonds is 3. The zero-order chi connectivity index (χ0) is 16.0. The van der Waals surface area contributed by atoms with Gasteiger partial charge in [0.2, 0.25) is 5.91 Å². The summed E-state index contributed by atoms with van der Waals surface area (Å²) in [5.41, 5.74) is 6.76. The maximum atomic E-state index is 12.1. The summed E-state index contributed by atoms with van der Waals surface area (Å²) in [5, 5.41) is 0. The van der Waals surface area contributed by atoms with Gasteiger partial charge in [-0.25, -0.2) is 0 Å². The number of primary amides is 1. The molecule has 120 valence electrons. The molecule has 1 aromatic carbocycles. The molecule has 0 heterocycles. The van der Waals surface area contributed by atoms with Crippen molar-refractivity contribution in [2.24, 2.45) is 23.0 Å². The predicted molar refractivity (Wildman–Crippen MR) is 87.3 cm³/mol. The van der Waals surface area contributed by atoms with E-state index >= 15 is 0 Å². The highest BCUT2D eigenvalue weighted by Crippen LogP contribution is 2.58. The van der Waals surface area contributed by atoms with Crippen LogP contribution in [0, 0.1) is 17.3 Å². The first kappa shape index (κ1) is 15.5. The van der Waals surface area contributed by atoms with E-state index in [0.29, 0.717) is 11.8 Å². The molecule has 0 saturated heterocycles. The van der Waals surface area contributed by atoms with Crippen molar-refractivity contribution in [2.45, 2.75) is 51.0 Å². The third-order valence-corrected chi connectivity index (χ3v) is 6.09. The lowest BCUT2D eigenvalue weighted by molar-refractivity contribution is -0.139. The van der Waals surface area contributed by atoms with Crippen LogP contribution in [0.15, 0.2) is 30.3 Å². The van der Waals surface area contributed by atoms with Gasteiger partial charge in [0, 0.05) is 12.5 Å². The number of nitrogens with two attached hydrogens (primary N) is 1. The molecule has 0 radical (unpaired) electrons. The van der Waals surface area contributed by atoms with Gasteiger partial charge in [-0.1, -0.05) is 44.2 Å². The molecule has 3 heteroatoms. The van der Waals surface area contributed by atoms with Gasteiger partial charge < -0.3 is 10.5 Å². The van der Waals surface area contributed by atoms with Crippen molar-refractivity contribution in [1.82, 2.24) is 0 Å². The zero-order valence-electron chi connectivity index (χ0n) is 13.8. The Morgan fingerprint density at radius 3 is 2.50 bits per heavy atom. The molecule has 0 aliphatic heterocycles. The summed E-state index contributed by atoms with van der Waals surface area (Å²) in [6.07, 6.45) is 4.10. The number of methoxy groups -OCH3 is 1. The molecule has 5 atom stereocenters. The second-order valence-corrected chi connectivity index (χ2v) is 7.80. The number of ether oxygens (including phenoxy) is 1. The van der Waals surface area contributed by atoms with Crippen molar-refractivity contribution in [2.75, 3.05) is 7.11 Å². The summed E-state index contributed by atoms with van der Waals surface area (Å²) in [6.45, 7) is 4.33. The van der Waals surface area contributed by atoms with Crippen LogP contribution >= 0.6 is 0 Å². The molecule has 2 N–H and O–H groups in total. The Morgan fingerprint density at radius 2 is 1.91 bits per heavy atom. The summed E-state index contributed by atoms with van der Waals surface area (Å²) < 4.78 is 5.79. The van der Waals surface area contributed by atoms with Gasteiger partial charge in [0.1, 0.15) is 0 Å². The first-order valence-corrected chi connectivity index (χ1v) is 8.28. The van der Waals surface area contributed by atoms with Crippen LogP contribution in [0.2, 0.25) is 0 Å². The smallest absolute Gasteiger partial charge is 0.223 e. The fourth-order valence-electron chi connectivity index (χ4n) is 5.37. The maximum Gasteiger partial charge on any atom is 0.223 e. The highest BCUT2D eigenvalue weighted by Gasteiger charge is 2.55. The van der Waals surface area contributed by atoms with Crippen molar-refractivity contribution in [1.29, 1.82) is 0 Å². The van der Waals surface area contributed by atoms with E-state index in [9.17, 15) is 4.79 Å². The largest absolute Gasteiger partial charge is 0.381 e. The van der Waals surface area contributed by atoms with Crippen molar-refractivity contribution in [3.05, 3.63) is 35.9 Å². The molecule has 2 fully saturated rings. The minimum Gasteiger partial charge on any atom is -0.381 e. The summed E-state index contributed by atoms with van der Waals surface area (Å²) in [7, 11) is 1.80. The van der Waals surface area contributed by atoms with Crippen LogP contribution in [0.5, 0.6) is 0 Å². The maximum absolute atomic E-state index is 12.1. The monoisotopic (exact) mass is 301 g/mol. The van der Waals surface area contributed by atoms with Crippen LogP contribution in [0.4, 0.5) is 0 Å². The summed E-state index contributed by atoms with van der Waals surface area (Å²) in [4.78, 5) is 12.1. The topological polar surface area (TPSA) is 52.3 Å². The number of fused-ring (bicyclic) bond motifs is 2. The van der Waals surface area contributed by atoms with Crippen molar-refractivity contribution < 1.29 is 9.53 Å². The number of benzene rings is 1. The van der Waals surface area contributed by atoms with Gasteiger partial charge in [-0.2, -0.15) is 0 Å². The molecule has 1 aromatic rings. The SMILES string of the molecule is COC1C(C)CC2(c3ccccc3)CC1CC(C)(C(N)=O)C2. The molecule has 2 aliphatic rings. The molecule has 2 saturated carbocycles. The first-order chi connectivity index (χ1) is 10.4. The average Bonchev–Trinajstić information content (AvgIpc) is 2.47. The van der Waals surface area contributed by atoms with E-state index < -0.39 is 5.41 Å². The van der Waals surface area contributed by atoms with Gasteiger partial charge >= 0.3 is 0 Å². The molecule has 0 spiro atoms. The van der Waals surface area contributed by atoms with Gasteiger partial charge in [-0.3, -0.25) is 4.79 Å². The third-order valence-electron chi connectivity index (χ3n) is 6.09. The fraction of sp³-hybridized carbons (Fsp3) is 0.632. The summed E-state index contributed by atoms with van der Waals surface area (Å²) >= 11 is 0. The van der Waals surface area contributed by atoms with Crippen LogP contribution in [0.1, 0.15) is 45.1 Å². The fourth-order valence-corrected chi connectivity index (χ4v) is 5.37. The minimum absolute atomic E-state index is 0.0579. The lowest BCUT2D eigenvalue weighted by atomic mass is 9.49. The molecular formula is C19H27NO2. The van der Waals surface area contributed by atoms with E-state index in [1.54, 1.807) is 7.11 Å². The Balaban J connectivity index is 2.06. The van der Waals surface area contributed by atoms with E-state index in [0.717, 1.165) is 25.7 Å². The molecule has 5 unspecified atom stereocenters. The molecular weight excluding hydrogens is 274 g/mol. The van der Waals surface area contributed by atoms with Crippen molar-refractivity contribution in [3.8, 4) is 0 Å². The molecule has 0 aromatic heterocycles. The van der Waals surface area contributed by atoms with Gasteiger partial charge in [0.25, 0.3) is 0 Å². The number of hydrogen-bond acceptors (Lipinski definition) is 2. The van der Waals surface area contributed by atoms with Crippen LogP contribution < -0.4 is 5.73 Å². The Bertz CT molecular complexity index is 554. The Morgan fingerprint density at radius 1 is 1.23 bits per heavy atom. The van der Waals surface area contributed by atoms with E-state index in [1.165, 1.54) is 5.56 Å². The molecule has 2 aliphatic carbocycles. The minimum atomic E-state index is -0.435. The Labute approximate surface area is 133 Å². The van der Waals surface area contributed by atoms with E-state index in [1.807, 2.05) is 6.92 Å². The highest BCUT2D eigenvalue weighted by atomic mass is 16.5. The van der Waals surface area contributed by atoms with Crippen LogP contribution in [0.25, 0.3) is 0 Å². The lowest BCUT2D eigenvalue weighted by Crippen LogP contribution is -2.55. The average molecular weight is 301 g/mol. The quantitative estimate of drug-likeness (QED) is 0.931. The predicted octanol–water partition coefficient (Wildman–Crippen LogP) is 3.27. The van der Waals surface area contributed by atoms with Gasteiger partial charge in [0.15, 0.2) is 0 Å². The number of hydrogen-bond donors (Lipinski definition) is 1. The van der Waals surface area contributed by atoms with E-state index in [4.69, 9.17) is 10.5 Å². The van der Waals surface area contributed by atoms with Crippen LogP contribution in [-0.4, -0.2) is 19.1 Å². The van der Waals surface area contributed by atoms with Gasteiger partial charge in [0.05, 0.1) is 6.10 Å². The normalized spacial score (nSPS) is 41.1. The summed E-state index contributed by atoms with van der Waals surface area (Å²) in [6, 6.07) is 10.7. The van der Waals surface area contributed by atoms with Crippen molar-refractivity contribution >= 4 is 5.91 Å². The molecule has 2 bridgehead atoms. The zero-order valence-corrected chi connectivity index (χ0v) is 13.8. The summed E-state index contributed by atoms with van der Waals surface area (Å²) in [5.74, 6) is 0.739. The third kappa shape index (κ3) is 2.36. The second-order valence-electron chi connectivity index (χ2n) is 7.80. The number of amides is 1. The highest BCUT2D eigenvalue weighted by molar-refractivity contribution is 5.80. The van der Waals surface area contributed by atoms with Crippen LogP contribution in [-0.2, 0) is 14.9 Å². The number of carbonyl (C=O) groups excluding carboxylic acids is 1. The first-order valence-electron chi connectivity index (χ1n) is 8.28. The lowest BCUT2D eigenvalue weighted by Gasteiger charge is -2.56. The molecule has 1 amide bonds. The van der Waals surface area contributed by atoms with Crippen molar-refractivity contribution in [3.63, 3.8) is 0 Å². The van der Waals surface area contributed by atoms with E-state index in [-0.39, 0.29) is 17.4 Å². The molecule has 3 nitrogen and oxygen atoms in total. The number of carbonyl (C=O) groups is 1. The molecule has 22 heavy (non-hydrogen) atoms. The Kier molecular flexibility index (Phi) is 3.80. The Hall–Kier alpha value is -1.35. The van der Waals surface area contributed by atoms with Gasteiger partial charge in [-0.05, 0) is 48.5 Å².